The molecule has 0 aromatic heterocycles. The van der Waals surface area contributed by atoms with Gasteiger partial charge in [-0.3, -0.25) is 9.59 Å². The molecule has 0 unspecified atom stereocenters. The van der Waals surface area contributed by atoms with Crippen molar-refractivity contribution in [3.05, 3.63) is 0 Å². The molecule has 0 spiro atoms. The van der Waals surface area contributed by atoms with E-state index >= 15 is 0 Å². The average Bonchev–Trinajstić information content (AvgIpc) is 2.52. The molecule has 23 heavy (non-hydrogen) atoms. The summed E-state index contributed by atoms with van der Waals surface area (Å²) in [7, 11) is 3.55. The van der Waals surface area contributed by atoms with E-state index in [0.717, 1.165) is 38.6 Å². The van der Waals surface area contributed by atoms with Crippen molar-refractivity contribution in [2.75, 3.05) is 33.9 Å². The summed E-state index contributed by atoms with van der Waals surface area (Å²) in [6.07, 6.45) is 8.12. The molecular weight excluding hydrogens is 292 g/mol. The summed E-state index contributed by atoms with van der Waals surface area (Å²) in [4.78, 5) is 25.1. The van der Waals surface area contributed by atoms with E-state index < -0.39 is 0 Å². The Morgan fingerprint density at radius 2 is 1.65 bits per heavy atom. The molecule has 0 saturated heterocycles. The number of methoxy groups -OCH3 is 1. The SMILES string of the molecule is COCCCNC(=O)CCCCCCCCN(C)C(=O)C(C)C.[HH]. The van der Waals surface area contributed by atoms with Gasteiger partial charge in [-0.1, -0.05) is 39.5 Å². The molecule has 5 nitrogen and oxygen atoms in total. The molecule has 0 heterocycles. The Kier molecular flexibility index (Phi) is 13.8. The number of unbranched alkanes of at least 4 members (excludes halogenated alkanes) is 5. The fourth-order valence-electron chi connectivity index (χ4n) is 2.43. The highest BCUT2D eigenvalue weighted by molar-refractivity contribution is 5.77. The van der Waals surface area contributed by atoms with E-state index in [2.05, 4.69) is 5.32 Å². The predicted molar refractivity (Wildman–Crippen MR) is 96.4 cm³/mol. The van der Waals surface area contributed by atoms with Gasteiger partial charge in [0, 0.05) is 47.6 Å². The zero-order valence-electron chi connectivity index (χ0n) is 15.5. The second-order valence-corrected chi connectivity index (χ2v) is 6.48. The maximum atomic E-state index is 11.7. The molecule has 2 amide bonds. The lowest BCUT2D eigenvalue weighted by atomic mass is 10.1. The highest BCUT2D eigenvalue weighted by atomic mass is 16.5. The van der Waals surface area contributed by atoms with E-state index in [1.807, 2.05) is 25.8 Å². The molecule has 5 heteroatoms. The molecule has 0 fully saturated rings. The smallest absolute Gasteiger partial charge is 0.224 e. The molecule has 0 rings (SSSR count). The summed E-state index contributed by atoms with van der Waals surface area (Å²) in [5, 5.41) is 2.90. The van der Waals surface area contributed by atoms with Gasteiger partial charge >= 0.3 is 0 Å². The number of hydrogen-bond donors (Lipinski definition) is 1. The fourth-order valence-corrected chi connectivity index (χ4v) is 2.43. The third-order valence-corrected chi connectivity index (χ3v) is 3.86. The fraction of sp³-hybridized carbons (Fsp3) is 0.889. The molecule has 0 aromatic carbocycles. The molecule has 0 aliphatic rings. The van der Waals surface area contributed by atoms with Crippen LogP contribution >= 0.6 is 0 Å². The van der Waals surface area contributed by atoms with E-state index in [4.69, 9.17) is 4.74 Å². The molecule has 138 valence electrons. The Morgan fingerprint density at radius 1 is 1.04 bits per heavy atom. The van der Waals surface area contributed by atoms with Gasteiger partial charge < -0.3 is 15.0 Å². The van der Waals surface area contributed by atoms with Crippen molar-refractivity contribution in [2.24, 2.45) is 5.92 Å². The van der Waals surface area contributed by atoms with E-state index in [9.17, 15) is 9.59 Å². The number of rotatable bonds is 14. The average molecular weight is 331 g/mol. The lowest BCUT2D eigenvalue weighted by Gasteiger charge is -2.19. The van der Waals surface area contributed by atoms with Gasteiger partial charge in [-0.2, -0.15) is 0 Å². The summed E-state index contributed by atoms with van der Waals surface area (Å²) >= 11 is 0. The number of hydrogen-bond acceptors (Lipinski definition) is 3. The lowest BCUT2D eigenvalue weighted by Crippen LogP contribution is -2.31. The number of carbonyl (C=O) groups excluding carboxylic acids is 2. The highest BCUT2D eigenvalue weighted by Gasteiger charge is 2.11. The van der Waals surface area contributed by atoms with Gasteiger partial charge in [0.15, 0.2) is 0 Å². The van der Waals surface area contributed by atoms with Crippen LogP contribution in [0.2, 0.25) is 0 Å². The van der Waals surface area contributed by atoms with Gasteiger partial charge in [0.1, 0.15) is 0 Å². The molecule has 0 aliphatic carbocycles. The molecular formula is C18H38N2O3. The van der Waals surface area contributed by atoms with Crippen LogP contribution in [0.25, 0.3) is 0 Å². The predicted octanol–water partition coefficient (Wildman–Crippen LogP) is 3.23. The Morgan fingerprint density at radius 3 is 2.26 bits per heavy atom. The van der Waals surface area contributed by atoms with E-state index in [1.165, 1.54) is 12.8 Å². The molecule has 0 saturated carbocycles. The first kappa shape index (κ1) is 21.9. The molecule has 0 aliphatic heterocycles. The monoisotopic (exact) mass is 330 g/mol. The normalized spacial score (nSPS) is 10.8. The van der Waals surface area contributed by atoms with Crippen LogP contribution < -0.4 is 5.32 Å². The minimum absolute atomic E-state index is 0. The number of carbonyl (C=O) groups is 2. The Balaban J connectivity index is 0. The van der Waals surface area contributed by atoms with Crippen LogP contribution in [0.1, 0.15) is 66.6 Å². The van der Waals surface area contributed by atoms with Gasteiger partial charge in [-0.15, -0.1) is 0 Å². The molecule has 0 radical (unpaired) electrons. The van der Waals surface area contributed by atoms with Crippen LogP contribution in [0.3, 0.4) is 0 Å². The summed E-state index contributed by atoms with van der Waals surface area (Å²) in [5.41, 5.74) is 0. The van der Waals surface area contributed by atoms with Crippen molar-refractivity contribution < 1.29 is 15.8 Å². The Labute approximate surface area is 143 Å². The van der Waals surface area contributed by atoms with E-state index in [1.54, 1.807) is 7.11 Å². The van der Waals surface area contributed by atoms with E-state index in [0.29, 0.717) is 19.6 Å². The number of ether oxygens (including phenoxy) is 1. The quantitative estimate of drug-likeness (QED) is 0.497. The number of nitrogens with one attached hydrogen (secondary N) is 1. The summed E-state index contributed by atoms with van der Waals surface area (Å²) in [6.45, 7) is 6.12. The van der Waals surface area contributed by atoms with Gasteiger partial charge in [0.2, 0.25) is 11.8 Å². The number of nitrogens with zero attached hydrogens (tertiary/aromatic N) is 1. The third-order valence-electron chi connectivity index (χ3n) is 3.86. The van der Waals surface area contributed by atoms with Crippen molar-refractivity contribution >= 4 is 11.8 Å². The maximum Gasteiger partial charge on any atom is 0.224 e. The van der Waals surface area contributed by atoms with Crippen LogP contribution in [-0.4, -0.2) is 50.6 Å². The summed E-state index contributed by atoms with van der Waals surface area (Å²) < 4.78 is 4.94. The van der Waals surface area contributed by atoms with Crippen LogP contribution in [0, 0.1) is 5.92 Å². The zero-order chi connectivity index (χ0) is 17.5. The van der Waals surface area contributed by atoms with Gasteiger partial charge in [0.05, 0.1) is 0 Å². The first-order chi connectivity index (χ1) is 11.0. The van der Waals surface area contributed by atoms with Crippen molar-refractivity contribution in [3.63, 3.8) is 0 Å². The second kappa shape index (κ2) is 14.5. The topological polar surface area (TPSA) is 58.6 Å². The van der Waals surface area contributed by atoms with Gasteiger partial charge in [0.25, 0.3) is 0 Å². The van der Waals surface area contributed by atoms with Crippen LogP contribution in [0.15, 0.2) is 0 Å². The molecule has 0 aromatic rings. The third kappa shape index (κ3) is 13.1. The van der Waals surface area contributed by atoms with E-state index in [-0.39, 0.29) is 19.2 Å². The van der Waals surface area contributed by atoms with Crippen molar-refractivity contribution in [1.29, 1.82) is 0 Å². The van der Waals surface area contributed by atoms with Crippen molar-refractivity contribution in [3.8, 4) is 0 Å². The Bertz CT molecular complexity index is 325. The van der Waals surface area contributed by atoms with Crippen LogP contribution in [-0.2, 0) is 14.3 Å². The van der Waals surface area contributed by atoms with Crippen LogP contribution in [0.4, 0.5) is 0 Å². The molecule has 0 bridgehead atoms. The lowest BCUT2D eigenvalue weighted by molar-refractivity contribution is -0.133. The molecule has 0 atom stereocenters. The first-order valence-corrected chi connectivity index (χ1v) is 8.99. The van der Waals surface area contributed by atoms with Crippen molar-refractivity contribution in [2.45, 2.75) is 65.2 Å². The second-order valence-electron chi connectivity index (χ2n) is 6.48. The van der Waals surface area contributed by atoms with Crippen molar-refractivity contribution in [1.82, 2.24) is 10.2 Å². The van der Waals surface area contributed by atoms with Gasteiger partial charge in [-0.25, -0.2) is 0 Å². The first-order valence-electron chi connectivity index (χ1n) is 8.99. The Hall–Kier alpha value is -1.10. The summed E-state index contributed by atoms with van der Waals surface area (Å²) in [6, 6.07) is 0. The molecule has 1 N–H and O–H groups in total. The summed E-state index contributed by atoms with van der Waals surface area (Å²) in [5.74, 6) is 0.456. The standard InChI is InChI=1S/C18H36N2O3.H2/c1-16(2)18(22)20(3)14-10-8-6-5-7-9-12-17(21)19-13-11-15-23-4;/h16H,5-15H2,1-4H3,(H,19,21);1H. The minimum atomic E-state index is 0. The van der Waals surface area contributed by atoms with Crippen LogP contribution in [0.5, 0.6) is 0 Å². The highest BCUT2D eigenvalue weighted by Crippen LogP contribution is 2.08. The maximum absolute atomic E-state index is 11.7. The minimum Gasteiger partial charge on any atom is -0.385 e. The number of amides is 2. The van der Waals surface area contributed by atoms with Gasteiger partial charge in [-0.05, 0) is 19.3 Å². The zero-order valence-corrected chi connectivity index (χ0v) is 15.5. The largest absolute Gasteiger partial charge is 0.385 e.